The summed E-state index contributed by atoms with van der Waals surface area (Å²) in [6.45, 7) is 1.19. The molecule has 1 atom stereocenters. The van der Waals surface area contributed by atoms with Crippen LogP contribution in [0.5, 0.6) is 0 Å². The lowest BCUT2D eigenvalue weighted by Crippen LogP contribution is -2.33. The molecule has 1 amide bonds. The first-order valence-corrected chi connectivity index (χ1v) is 7.29. The van der Waals surface area contributed by atoms with Gasteiger partial charge >= 0.3 is 5.69 Å². The zero-order chi connectivity index (χ0) is 15.4. The second kappa shape index (κ2) is 6.53. The van der Waals surface area contributed by atoms with Crippen molar-refractivity contribution >= 4 is 5.91 Å². The van der Waals surface area contributed by atoms with Crippen LogP contribution in [0, 0.1) is 0 Å². The summed E-state index contributed by atoms with van der Waals surface area (Å²) in [6, 6.07) is 10.9. The summed E-state index contributed by atoms with van der Waals surface area (Å²) in [4.78, 5) is 30.2. The molecular formula is C16H17N3O3. The predicted molar refractivity (Wildman–Crippen MR) is 81.6 cm³/mol. The Morgan fingerprint density at radius 3 is 2.91 bits per heavy atom. The van der Waals surface area contributed by atoms with Crippen LogP contribution in [-0.2, 0) is 4.74 Å². The highest BCUT2D eigenvalue weighted by Crippen LogP contribution is 2.15. The fraction of sp³-hybridized carbons (Fsp3) is 0.312. The van der Waals surface area contributed by atoms with E-state index in [2.05, 4.69) is 15.3 Å². The molecule has 1 aliphatic rings. The van der Waals surface area contributed by atoms with E-state index in [9.17, 15) is 9.59 Å². The molecule has 2 aromatic rings. The molecule has 2 heterocycles. The number of nitrogens with one attached hydrogen (secondary N) is 2. The first kappa shape index (κ1) is 14.5. The van der Waals surface area contributed by atoms with Crippen molar-refractivity contribution in [1.82, 2.24) is 15.3 Å². The van der Waals surface area contributed by atoms with Gasteiger partial charge in [0.05, 0.1) is 11.8 Å². The molecule has 22 heavy (non-hydrogen) atoms. The first-order valence-electron chi connectivity index (χ1n) is 7.29. The lowest BCUT2D eigenvalue weighted by molar-refractivity contribution is 0.0853. The Morgan fingerprint density at radius 1 is 1.36 bits per heavy atom. The fourth-order valence-electron chi connectivity index (χ4n) is 2.44. The van der Waals surface area contributed by atoms with Gasteiger partial charge in [-0.25, -0.2) is 4.79 Å². The molecule has 0 spiro atoms. The molecule has 0 aliphatic carbocycles. The van der Waals surface area contributed by atoms with Crippen LogP contribution >= 0.6 is 0 Å². The summed E-state index contributed by atoms with van der Waals surface area (Å²) in [6.07, 6.45) is 2.03. The summed E-state index contributed by atoms with van der Waals surface area (Å²) in [7, 11) is 0. The van der Waals surface area contributed by atoms with E-state index in [1.54, 1.807) is 6.07 Å². The first-order chi connectivity index (χ1) is 10.7. The van der Waals surface area contributed by atoms with Gasteiger partial charge < -0.3 is 15.0 Å². The topological polar surface area (TPSA) is 84.1 Å². The Kier molecular flexibility index (Phi) is 4.29. The van der Waals surface area contributed by atoms with E-state index in [-0.39, 0.29) is 17.7 Å². The van der Waals surface area contributed by atoms with Crippen LogP contribution in [0.2, 0.25) is 0 Å². The van der Waals surface area contributed by atoms with Crippen molar-refractivity contribution in [3.05, 3.63) is 52.6 Å². The molecule has 1 aromatic carbocycles. The molecule has 1 fully saturated rings. The van der Waals surface area contributed by atoms with Gasteiger partial charge in [0.25, 0.3) is 5.91 Å². The van der Waals surface area contributed by atoms with Crippen molar-refractivity contribution in [2.45, 2.75) is 18.9 Å². The Morgan fingerprint density at radius 2 is 2.18 bits per heavy atom. The van der Waals surface area contributed by atoms with Gasteiger partial charge in [-0.15, -0.1) is 0 Å². The number of nitrogens with zero attached hydrogens (tertiary/aromatic N) is 1. The van der Waals surface area contributed by atoms with Crippen molar-refractivity contribution < 1.29 is 9.53 Å². The SMILES string of the molecule is O=C(NCC1CCCO1)c1cc(-c2ccccc2)nc(=O)[nH]1. The summed E-state index contributed by atoms with van der Waals surface area (Å²) >= 11 is 0. The van der Waals surface area contributed by atoms with Crippen molar-refractivity contribution in [2.75, 3.05) is 13.2 Å². The minimum absolute atomic E-state index is 0.0612. The summed E-state index contributed by atoms with van der Waals surface area (Å²) in [5.74, 6) is -0.327. The van der Waals surface area contributed by atoms with Crippen LogP contribution in [-0.4, -0.2) is 35.1 Å². The van der Waals surface area contributed by atoms with Crippen LogP contribution in [0.25, 0.3) is 11.3 Å². The van der Waals surface area contributed by atoms with Crippen LogP contribution in [0.1, 0.15) is 23.3 Å². The molecule has 114 valence electrons. The largest absolute Gasteiger partial charge is 0.376 e. The number of hydrogen-bond acceptors (Lipinski definition) is 4. The van der Waals surface area contributed by atoms with Gasteiger partial charge in [-0.1, -0.05) is 30.3 Å². The second-order valence-corrected chi connectivity index (χ2v) is 5.20. The number of amides is 1. The number of H-pyrrole nitrogens is 1. The molecule has 0 saturated carbocycles. The van der Waals surface area contributed by atoms with Crippen LogP contribution < -0.4 is 11.0 Å². The normalized spacial score (nSPS) is 17.4. The molecule has 1 unspecified atom stereocenters. The number of rotatable bonds is 4. The van der Waals surface area contributed by atoms with Crippen molar-refractivity contribution in [1.29, 1.82) is 0 Å². The van der Waals surface area contributed by atoms with E-state index in [0.29, 0.717) is 12.2 Å². The monoisotopic (exact) mass is 299 g/mol. The van der Waals surface area contributed by atoms with E-state index in [0.717, 1.165) is 25.0 Å². The zero-order valence-corrected chi connectivity index (χ0v) is 12.0. The molecule has 6 nitrogen and oxygen atoms in total. The standard InChI is InChI=1S/C16H17N3O3/c20-15(17-10-12-7-4-8-22-12)14-9-13(18-16(21)19-14)11-5-2-1-3-6-11/h1-3,5-6,9,12H,4,7-8,10H2,(H,17,20)(H,18,19,21). The highest BCUT2D eigenvalue weighted by atomic mass is 16.5. The maximum atomic E-state index is 12.2. The number of carbonyl (C=O) groups is 1. The quantitative estimate of drug-likeness (QED) is 0.892. The minimum atomic E-state index is -0.538. The molecule has 1 saturated heterocycles. The Labute approximate surface area is 127 Å². The van der Waals surface area contributed by atoms with Gasteiger partial charge in [0, 0.05) is 18.7 Å². The lowest BCUT2D eigenvalue weighted by Gasteiger charge is -2.11. The third-order valence-corrected chi connectivity index (χ3v) is 3.57. The summed E-state index contributed by atoms with van der Waals surface area (Å²) in [5.41, 5.74) is 0.939. The average molecular weight is 299 g/mol. The predicted octanol–water partition coefficient (Wildman–Crippen LogP) is 1.35. The molecule has 1 aromatic heterocycles. The van der Waals surface area contributed by atoms with E-state index in [4.69, 9.17) is 4.74 Å². The number of benzene rings is 1. The van der Waals surface area contributed by atoms with Gasteiger partial charge in [0.2, 0.25) is 0 Å². The Balaban J connectivity index is 1.77. The molecule has 0 bridgehead atoms. The lowest BCUT2D eigenvalue weighted by atomic mass is 10.1. The highest BCUT2D eigenvalue weighted by molar-refractivity contribution is 5.93. The highest BCUT2D eigenvalue weighted by Gasteiger charge is 2.17. The van der Waals surface area contributed by atoms with Crippen molar-refractivity contribution in [3.63, 3.8) is 0 Å². The summed E-state index contributed by atoms with van der Waals surface area (Å²) < 4.78 is 5.46. The van der Waals surface area contributed by atoms with Gasteiger partial charge in [-0.3, -0.25) is 4.79 Å². The van der Waals surface area contributed by atoms with Crippen LogP contribution in [0.15, 0.2) is 41.2 Å². The minimum Gasteiger partial charge on any atom is -0.376 e. The van der Waals surface area contributed by atoms with Crippen LogP contribution in [0.3, 0.4) is 0 Å². The zero-order valence-electron chi connectivity index (χ0n) is 12.0. The number of aromatic nitrogens is 2. The van der Waals surface area contributed by atoms with Gasteiger partial charge in [-0.2, -0.15) is 4.98 Å². The molecular weight excluding hydrogens is 282 g/mol. The summed E-state index contributed by atoms with van der Waals surface area (Å²) in [5, 5.41) is 2.78. The molecule has 0 radical (unpaired) electrons. The van der Waals surface area contributed by atoms with Gasteiger partial charge in [0.15, 0.2) is 0 Å². The number of aromatic amines is 1. The smallest absolute Gasteiger partial charge is 0.346 e. The third kappa shape index (κ3) is 3.40. The second-order valence-electron chi connectivity index (χ2n) is 5.20. The van der Waals surface area contributed by atoms with E-state index in [1.807, 2.05) is 30.3 Å². The number of hydrogen-bond donors (Lipinski definition) is 2. The van der Waals surface area contributed by atoms with Crippen molar-refractivity contribution in [3.8, 4) is 11.3 Å². The number of carbonyl (C=O) groups excluding carboxylic acids is 1. The van der Waals surface area contributed by atoms with Gasteiger partial charge in [0.1, 0.15) is 5.69 Å². The van der Waals surface area contributed by atoms with E-state index < -0.39 is 5.69 Å². The maximum Gasteiger partial charge on any atom is 0.346 e. The fourth-order valence-corrected chi connectivity index (χ4v) is 2.44. The molecule has 3 rings (SSSR count). The van der Waals surface area contributed by atoms with Gasteiger partial charge in [-0.05, 0) is 18.9 Å². The Hall–Kier alpha value is -2.47. The van der Waals surface area contributed by atoms with Crippen LogP contribution in [0.4, 0.5) is 0 Å². The third-order valence-electron chi connectivity index (χ3n) is 3.57. The van der Waals surface area contributed by atoms with Crippen molar-refractivity contribution in [2.24, 2.45) is 0 Å². The maximum absolute atomic E-state index is 12.2. The average Bonchev–Trinajstić information content (AvgIpc) is 3.06. The Bertz CT molecular complexity index is 706. The number of ether oxygens (including phenoxy) is 1. The molecule has 6 heteroatoms. The molecule has 1 aliphatic heterocycles. The van der Waals surface area contributed by atoms with E-state index >= 15 is 0 Å². The van der Waals surface area contributed by atoms with E-state index in [1.165, 1.54) is 0 Å². The molecule has 2 N–H and O–H groups in total.